The topological polar surface area (TPSA) is 118 Å². The normalized spacial score (nSPS) is 11.2. The summed E-state index contributed by atoms with van der Waals surface area (Å²) in [6.07, 6.45) is 5.27. The second-order valence-corrected chi connectivity index (χ2v) is 5.92. The van der Waals surface area contributed by atoms with E-state index in [-0.39, 0.29) is 17.5 Å². The Morgan fingerprint density at radius 3 is 2.79 bits per heavy atom. The standard InChI is InChI=1S/C16H18N6O2/c1-8(2)11-12(13(14(17)23)21-20-11)19-16(24)10-6-9(3)7-22-5-4-18-15(10)22/h4-8H,1-3H3,(H2,17,23)(H,19,24)(H,20,21). The van der Waals surface area contributed by atoms with Crippen LogP contribution in [0.3, 0.4) is 0 Å². The van der Waals surface area contributed by atoms with Crippen LogP contribution in [0.5, 0.6) is 0 Å². The van der Waals surface area contributed by atoms with Crippen LogP contribution in [-0.4, -0.2) is 31.4 Å². The number of nitrogens with two attached hydrogens (primary N) is 1. The number of carbonyl (C=O) groups is 2. The molecular formula is C16H18N6O2. The maximum absolute atomic E-state index is 12.8. The number of H-pyrrole nitrogens is 1. The maximum Gasteiger partial charge on any atom is 0.271 e. The summed E-state index contributed by atoms with van der Waals surface area (Å²) in [6, 6.07) is 1.75. The highest BCUT2D eigenvalue weighted by Gasteiger charge is 2.23. The van der Waals surface area contributed by atoms with E-state index in [0.29, 0.717) is 22.6 Å². The molecule has 0 unspecified atom stereocenters. The van der Waals surface area contributed by atoms with Crippen LogP contribution >= 0.6 is 0 Å². The van der Waals surface area contributed by atoms with Gasteiger partial charge in [0.25, 0.3) is 11.8 Å². The minimum absolute atomic E-state index is 0.0130. The van der Waals surface area contributed by atoms with Gasteiger partial charge in [-0.05, 0) is 24.5 Å². The monoisotopic (exact) mass is 326 g/mol. The van der Waals surface area contributed by atoms with E-state index in [9.17, 15) is 9.59 Å². The van der Waals surface area contributed by atoms with Crippen LogP contribution in [0.15, 0.2) is 24.7 Å². The van der Waals surface area contributed by atoms with Gasteiger partial charge in [-0.3, -0.25) is 14.7 Å². The van der Waals surface area contributed by atoms with Gasteiger partial charge in [-0.25, -0.2) is 4.98 Å². The summed E-state index contributed by atoms with van der Waals surface area (Å²) >= 11 is 0. The molecule has 0 aliphatic heterocycles. The van der Waals surface area contributed by atoms with Crippen LogP contribution in [0.25, 0.3) is 5.65 Å². The maximum atomic E-state index is 12.8. The Balaban J connectivity index is 2.05. The lowest BCUT2D eigenvalue weighted by atomic mass is 10.1. The number of aromatic nitrogens is 4. The molecule has 0 bridgehead atoms. The number of hydrogen-bond acceptors (Lipinski definition) is 4. The van der Waals surface area contributed by atoms with E-state index in [2.05, 4.69) is 20.5 Å². The molecule has 0 fully saturated rings. The highest BCUT2D eigenvalue weighted by atomic mass is 16.2. The fourth-order valence-electron chi connectivity index (χ4n) is 2.60. The predicted octanol–water partition coefficient (Wildman–Crippen LogP) is 1.84. The molecule has 0 spiro atoms. The molecular weight excluding hydrogens is 308 g/mol. The lowest BCUT2D eigenvalue weighted by Crippen LogP contribution is -2.19. The Morgan fingerprint density at radius 2 is 2.12 bits per heavy atom. The molecule has 3 rings (SSSR count). The summed E-state index contributed by atoms with van der Waals surface area (Å²) in [5.41, 5.74) is 8.18. The molecule has 0 saturated carbocycles. The lowest BCUT2D eigenvalue weighted by molar-refractivity contribution is 0.0996. The number of carbonyl (C=O) groups excluding carboxylic acids is 2. The van der Waals surface area contributed by atoms with Gasteiger partial charge in [-0.15, -0.1) is 0 Å². The molecule has 24 heavy (non-hydrogen) atoms. The molecule has 3 aromatic rings. The molecule has 3 heterocycles. The molecule has 4 N–H and O–H groups in total. The molecule has 0 aromatic carbocycles. The van der Waals surface area contributed by atoms with Gasteiger partial charge in [-0.2, -0.15) is 5.10 Å². The van der Waals surface area contributed by atoms with Crippen molar-refractivity contribution < 1.29 is 9.59 Å². The van der Waals surface area contributed by atoms with Crippen LogP contribution in [0.1, 0.15) is 51.9 Å². The number of aryl methyl sites for hydroxylation is 1. The quantitative estimate of drug-likeness (QED) is 0.678. The van der Waals surface area contributed by atoms with Crippen LogP contribution in [0, 0.1) is 6.92 Å². The first-order chi connectivity index (χ1) is 11.4. The third kappa shape index (κ3) is 2.62. The average Bonchev–Trinajstić information content (AvgIpc) is 3.12. The second kappa shape index (κ2) is 5.80. The molecule has 3 aromatic heterocycles. The number of anilines is 1. The number of rotatable bonds is 4. The van der Waals surface area contributed by atoms with Crippen molar-refractivity contribution in [1.29, 1.82) is 0 Å². The molecule has 124 valence electrons. The zero-order chi connectivity index (χ0) is 17.4. The van der Waals surface area contributed by atoms with Crippen molar-refractivity contribution in [2.45, 2.75) is 26.7 Å². The van der Waals surface area contributed by atoms with E-state index in [1.54, 1.807) is 22.9 Å². The number of amides is 2. The van der Waals surface area contributed by atoms with Gasteiger partial charge >= 0.3 is 0 Å². The van der Waals surface area contributed by atoms with E-state index >= 15 is 0 Å². The molecule has 0 aliphatic carbocycles. The summed E-state index contributed by atoms with van der Waals surface area (Å²) in [7, 11) is 0. The van der Waals surface area contributed by atoms with Gasteiger partial charge in [0.2, 0.25) is 0 Å². The number of imidazole rings is 1. The van der Waals surface area contributed by atoms with E-state index in [1.807, 2.05) is 27.0 Å². The van der Waals surface area contributed by atoms with Crippen molar-refractivity contribution in [3.8, 4) is 0 Å². The summed E-state index contributed by atoms with van der Waals surface area (Å²) < 4.78 is 1.78. The number of primary amides is 1. The van der Waals surface area contributed by atoms with Crippen molar-refractivity contribution >= 4 is 23.1 Å². The zero-order valence-corrected chi connectivity index (χ0v) is 13.6. The number of fused-ring (bicyclic) bond motifs is 1. The van der Waals surface area contributed by atoms with E-state index in [0.717, 1.165) is 5.56 Å². The highest BCUT2D eigenvalue weighted by molar-refractivity contribution is 6.11. The largest absolute Gasteiger partial charge is 0.364 e. The van der Waals surface area contributed by atoms with Gasteiger partial charge < -0.3 is 15.5 Å². The Hall–Kier alpha value is -3.16. The van der Waals surface area contributed by atoms with E-state index in [4.69, 9.17) is 5.73 Å². The van der Waals surface area contributed by atoms with Crippen molar-refractivity contribution in [2.24, 2.45) is 5.73 Å². The van der Waals surface area contributed by atoms with Crippen LogP contribution < -0.4 is 11.1 Å². The second-order valence-electron chi connectivity index (χ2n) is 5.92. The Morgan fingerprint density at radius 1 is 1.38 bits per heavy atom. The molecule has 0 saturated heterocycles. The van der Waals surface area contributed by atoms with Gasteiger partial charge in [0, 0.05) is 18.6 Å². The Labute approximate surface area is 138 Å². The zero-order valence-electron chi connectivity index (χ0n) is 13.6. The smallest absolute Gasteiger partial charge is 0.271 e. The number of aromatic amines is 1. The van der Waals surface area contributed by atoms with Crippen molar-refractivity contribution in [3.05, 3.63) is 47.2 Å². The van der Waals surface area contributed by atoms with Gasteiger partial charge in [-0.1, -0.05) is 13.8 Å². The molecule has 8 nitrogen and oxygen atoms in total. The summed E-state index contributed by atoms with van der Waals surface area (Å²) in [6.45, 7) is 5.74. The minimum atomic E-state index is -0.705. The SMILES string of the molecule is Cc1cc(C(=O)Nc2c(C(N)=O)n[nH]c2C(C)C)c2nccn2c1. The molecule has 0 aliphatic rings. The molecule has 2 amide bonds. The predicted molar refractivity (Wildman–Crippen MR) is 89.1 cm³/mol. The fourth-order valence-corrected chi connectivity index (χ4v) is 2.60. The summed E-state index contributed by atoms with van der Waals surface area (Å²) in [5, 5.41) is 9.45. The minimum Gasteiger partial charge on any atom is -0.364 e. The number of pyridine rings is 1. The number of nitrogens with zero attached hydrogens (tertiary/aromatic N) is 3. The highest BCUT2D eigenvalue weighted by Crippen LogP contribution is 2.26. The van der Waals surface area contributed by atoms with E-state index in [1.165, 1.54) is 0 Å². The third-order valence-corrected chi connectivity index (χ3v) is 3.71. The van der Waals surface area contributed by atoms with E-state index < -0.39 is 5.91 Å². The first-order valence-corrected chi connectivity index (χ1v) is 7.51. The van der Waals surface area contributed by atoms with Crippen LogP contribution in [0.4, 0.5) is 5.69 Å². The number of nitrogens with one attached hydrogen (secondary N) is 2. The Bertz CT molecular complexity index is 937. The Kier molecular flexibility index (Phi) is 3.80. The van der Waals surface area contributed by atoms with Crippen LogP contribution in [0.2, 0.25) is 0 Å². The number of hydrogen-bond donors (Lipinski definition) is 3. The van der Waals surface area contributed by atoms with Crippen molar-refractivity contribution in [1.82, 2.24) is 19.6 Å². The summed E-state index contributed by atoms with van der Waals surface area (Å²) in [5.74, 6) is -1.05. The first kappa shape index (κ1) is 15.7. The molecule has 0 atom stereocenters. The van der Waals surface area contributed by atoms with Gasteiger partial charge in [0.1, 0.15) is 5.65 Å². The van der Waals surface area contributed by atoms with Gasteiger partial charge in [0.15, 0.2) is 5.69 Å². The average molecular weight is 326 g/mol. The third-order valence-electron chi connectivity index (χ3n) is 3.71. The van der Waals surface area contributed by atoms with Crippen molar-refractivity contribution in [2.75, 3.05) is 5.32 Å². The van der Waals surface area contributed by atoms with Gasteiger partial charge in [0.05, 0.1) is 16.9 Å². The molecule has 8 heteroatoms. The lowest BCUT2D eigenvalue weighted by Gasteiger charge is -2.10. The van der Waals surface area contributed by atoms with Crippen molar-refractivity contribution in [3.63, 3.8) is 0 Å². The van der Waals surface area contributed by atoms with Crippen LogP contribution in [-0.2, 0) is 0 Å². The molecule has 0 radical (unpaired) electrons. The fraction of sp³-hybridized carbons (Fsp3) is 0.250. The first-order valence-electron chi connectivity index (χ1n) is 7.51. The summed E-state index contributed by atoms with van der Waals surface area (Å²) in [4.78, 5) is 28.6.